The highest BCUT2D eigenvalue weighted by Crippen LogP contribution is 2.29. The summed E-state index contributed by atoms with van der Waals surface area (Å²) in [5.41, 5.74) is 2.08. The molecule has 0 radical (unpaired) electrons. The fourth-order valence-corrected chi connectivity index (χ4v) is 6.12. The van der Waals surface area contributed by atoms with Gasteiger partial charge in [0.15, 0.2) is 14.2 Å². The van der Waals surface area contributed by atoms with Crippen molar-refractivity contribution in [3.63, 3.8) is 0 Å². The Morgan fingerprint density at radius 3 is 2.85 bits per heavy atom. The van der Waals surface area contributed by atoms with Gasteiger partial charge in [0, 0.05) is 18.8 Å². The van der Waals surface area contributed by atoms with E-state index in [-0.39, 0.29) is 29.2 Å². The van der Waals surface area contributed by atoms with Crippen molar-refractivity contribution in [2.45, 2.75) is 23.7 Å². The number of anilines is 2. The standard InChI is InChI=1S/C16H20N4O3S3/c1-11-5-3-4-6-13(11)17-15-18-19-16(25-15)24-9-14(21)20(2)12-7-8-26(22,23)10-12/h3-6,12H,7-10H2,1-2H3,(H,17,18)/t12-/m0/s1. The Hall–Kier alpha value is -1.65. The van der Waals surface area contributed by atoms with Gasteiger partial charge in [-0.25, -0.2) is 8.42 Å². The Morgan fingerprint density at radius 1 is 1.38 bits per heavy atom. The number of sulfone groups is 1. The van der Waals surface area contributed by atoms with Crippen molar-refractivity contribution in [1.29, 1.82) is 0 Å². The third-order valence-electron chi connectivity index (χ3n) is 4.26. The van der Waals surface area contributed by atoms with Crippen LogP contribution in [0.25, 0.3) is 0 Å². The minimum atomic E-state index is -3.00. The van der Waals surface area contributed by atoms with Crippen LogP contribution in [-0.4, -0.2) is 59.8 Å². The Morgan fingerprint density at radius 2 is 2.15 bits per heavy atom. The predicted octanol–water partition coefficient (Wildman–Crippen LogP) is 2.33. The lowest BCUT2D eigenvalue weighted by molar-refractivity contribution is -0.128. The molecular weight excluding hydrogens is 392 g/mol. The average molecular weight is 413 g/mol. The van der Waals surface area contributed by atoms with E-state index in [0.29, 0.717) is 15.9 Å². The third kappa shape index (κ3) is 4.74. The van der Waals surface area contributed by atoms with E-state index in [1.54, 1.807) is 11.9 Å². The molecule has 1 fully saturated rings. The molecule has 1 amide bonds. The van der Waals surface area contributed by atoms with E-state index in [0.717, 1.165) is 11.3 Å². The van der Waals surface area contributed by atoms with Crippen molar-refractivity contribution in [2.24, 2.45) is 0 Å². The summed E-state index contributed by atoms with van der Waals surface area (Å²) in [6, 6.07) is 7.68. The van der Waals surface area contributed by atoms with E-state index in [2.05, 4.69) is 15.5 Å². The Kier molecular flexibility index (Phi) is 5.83. The summed E-state index contributed by atoms with van der Waals surface area (Å²) in [5.74, 6) is 0.336. The van der Waals surface area contributed by atoms with Gasteiger partial charge in [-0.3, -0.25) is 4.79 Å². The van der Waals surface area contributed by atoms with Gasteiger partial charge in [-0.2, -0.15) is 0 Å². The summed E-state index contributed by atoms with van der Waals surface area (Å²) >= 11 is 2.70. The number of thioether (sulfide) groups is 1. The minimum Gasteiger partial charge on any atom is -0.341 e. The highest BCUT2D eigenvalue weighted by Gasteiger charge is 2.32. The maximum Gasteiger partial charge on any atom is 0.233 e. The van der Waals surface area contributed by atoms with E-state index in [9.17, 15) is 13.2 Å². The first-order valence-corrected chi connectivity index (χ1v) is 11.7. The van der Waals surface area contributed by atoms with Crippen molar-refractivity contribution >= 4 is 49.7 Å². The van der Waals surface area contributed by atoms with Crippen LogP contribution in [0.1, 0.15) is 12.0 Å². The molecule has 26 heavy (non-hydrogen) atoms. The Labute approximate surface area is 161 Å². The minimum absolute atomic E-state index is 0.0587. The number of benzene rings is 1. The number of amides is 1. The van der Waals surface area contributed by atoms with Gasteiger partial charge in [0.1, 0.15) is 0 Å². The zero-order valence-corrected chi connectivity index (χ0v) is 17.0. The van der Waals surface area contributed by atoms with Crippen LogP contribution in [0.4, 0.5) is 10.8 Å². The number of rotatable bonds is 6. The summed E-state index contributed by atoms with van der Waals surface area (Å²) < 4.78 is 23.8. The molecule has 0 bridgehead atoms. The van der Waals surface area contributed by atoms with Crippen molar-refractivity contribution < 1.29 is 13.2 Å². The molecule has 7 nitrogen and oxygen atoms in total. The number of aromatic nitrogens is 2. The maximum absolute atomic E-state index is 12.3. The summed E-state index contributed by atoms with van der Waals surface area (Å²) in [6.45, 7) is 2.01. The topological polar surface area (TPSA) is 92.3 Å². The SMILES string of the molecule is Cc1ccccc1Nc1nnc(SCC(=O)N(C)[C@H]2CCS(=O)(=O)C2)s1. The normalized spacial score (nSPS) is 18.6. The molecule has 1 aliphatic heterocycles. The first-order valence-electron chi connectivity index (χ1n) is 8.09. The molecule has 0 unspecified atom stereocenters. The molecule has 10 heteroatoms. The largest absolute Gasteiger partial charge is 0.341 e. The van der Waals surface area contributed by atoms with Crippen LogP contribution in [0.2, 0.25) is 0 Å². The van der Waals surface area contributed by atoms with Crippen molar-refractivity contribution in [1.82, 2.24) is 15.1 Å². The van der Waals surface area contributed by atoms with E-state index < -0.39 is 9.84 Å². The Bertz CT molecular complexity index is 898. The molecule has 2 heterocycles. The molecule has 1 aliphatic rings. The summed E-state index contributed by atoms with van der Waals surface area (Å²) in [7, 11) is -1.33. The van der Waals surface area contributed by atoms with Crippen molar-refractivity contribution in [2.75, 3.05) is 29.6 Å². The quantitative estimate of drug-likeness (QED) is 0.728. The van der Waals surface area contributed by atoms with Crippen LogP contribution in [-0.2, 0) is 14.6 Å². The van der Waals surface area contributed by atoms with E-state index in [1.165, 1.54) is 23.1 Å². The molecule has 2 aromatic rings. The van der Waals surface area contributed by atoms with E-state index >= 15 is 0 Å². The van der Waals surface area contributed by atoms with Crippen molar-refractivity contribution in [3.05, 3.63) is 29.8 Å². The van der Waals surface area contributed by atoms with Gasteiger partial charge in [-0.05, 0) is 25.0 Å². The van der Waals surface area contributed by atoms with Gasteiger partial charge in [0.2, 0.25) is 11.0 Å². The molecule has 1 saturated heterocycles. The molecule has 1 aromatic carbocycles. The molecule has 1 atom stereocenters. The maximum atomic E-state index is 12.3. The highest BCUT2D eigenvalue weighted by atomic mass is 32.2. The smallest absolute Gasteiger partial charge is 0.233 e. The lowest BCUT2D eigenvalue weighted by Gasteiger charge is -2.22. The highest BCUT2D eigenvalue weighted by molar-refractivity contribution is 8.01. The van der Waals surface area contributed by atoms with Gasteiger partial charge < -0.3 is 10.2 Å². The van der Waals surface area contributed by atoms with E-state index in [1.807, 2.05) is 31.2 Å². The van der Waals surface area contributed by atoms with Crippen LogP contribution in [0, 0.1) is 6.92 Å². The number of carbonyl (C=O) groups excluding carboxylic acids is 1. The lowest BCUT2D eigenvalue weighted by Crippen LogP contribution is -2.38. The molecule has 3 rings (SSSR count). The lowest BCUT2D eigenvalue weighted by atomic mass is 10.2. The van der Waals surface area contributed by atoms with Crippen LogP contribution < -0.4 is 5.32 Å². The van der Waals surface area contributed by atoms with Gasteiger partial charge in [0.05, 0.1) is 17.3 Å². The van der Waals surface area contributed by atoms with Gasteiger partial charge >= 0.3 is 0 Å². The summed E-state index contributed by atoms with van der Waals surface area (Å²) in [5, 5.41) is 12.1. The average Bonchev–Trinajstić information content (AvgIpc) is 3.20. The number of nitrogens with one attached hydrogen (secondary N) is 1. The van der Waals surface area contributed by atoms with Gasteiger partial charge in [0.25, 0.3) is 0 Å². The predicted molar refractivity (Wildman–Crippen MR) is 105 cm³/mol. The first-order chi connectivity index (χ1) is 12.3. The van der Waals surface area contributed by atoms with Gasteiger partial charge in [-0.1, -0.05) is 41.3 Å². The first kappa shape index (κ1) is 19.1. The van der Waals surface area contributed by atoms with Crippen LogP contribution in [0.5, 0.6) is 0 Å². The molecule has 0 spiro atoms. The Balaban J connectivity index is 1.53. The fourth-order valence-electron chi connectivity index (χ4n) is 2.66. The number of hydrogen-bond donors (Lipinski definition) is 1. The molecule has 0 aliphatic carbocycles. The second-order valence-corrected chi connectivity index (χ2v) is 10.6. The van der Waals surface area contributed by atoms with Gasteiger partial charge in [-0.15, -0.1) is 10.2 Å². The van der Waals surface area contributed by atoms with Crippen LogP contribution in [0.3, 0.4) is 0 Å². The second-order valence-electron chi connectivity index (χ2n) is 6.16. The molecular formula is C16H20N4O3S3. The number of nitrogens with zero attached hydrogens (tertiary/aromatic N) is 3. The number of hydrogen-bond acceptors (Lipinski definition) is 8. The van der Waals surface area contributed by atoms with Crippen molar-refractivity contribution in [3.8, 4) is 0 Å². The number of carbonyl (C=O) groups is 1. The summed E-state index contributed by atoms with van der Waals surface area (Å²) in [4.78, 5) is 13.9. The zero-order chi connectivity index (χ0) is 18.7. The molecule has 1 N–H and O–H groups in total. The third-order valence-corrected chi connectivity index (χ3v) is 7.97. The van der Waals surface area contributed by atoms with E-state index in [4.69, 9.17) is 0 Å². The summed E-state index contributed by atoms with van der Waals surface area (Å²) in [6.07, 6.45) is 0.512. The fraction of sp³-hybridized carbons (Fsp3) is 0.438. The zero-order valence-electron chi connectivity index (χ0n) is 14.5. The number of para-hydroxylation sites is 1. The van der Waals surface area contributed by atoms with Crippen LogP contribution in [0.15, 0.2) is 28.6 Å². The molecule has 0 saturated carbocycles. The molecule has 1 aromatic heterocycles. The van der Waals surface area contributed by atoms with Crippen LogP contribution >= 0.6 is 23.1 Å². The second kappa shape index (κ2) is 7.93. The number of aryl methyl sites for hydroxylation is 1. The monoisotopic (exact) mass is 412 g/mol. The molecule has 140 valence electrons.